The van der Waals surface area contributed by atoms with Gasteiger partial charge in [-0.3, -0.25) is 0 Å². The molecule has 0 bridgehead atoms. The van der Waals surface area contributed by atoms with Crippen molar-refractivity contribution < 1.29 is 0 Å². The molecule has 68 valence electrons. The number of nitrogens with zero attached hydrogens (tertiary/aromatic N) is 3. The summed E-state index contributed by atoms with van der Waals surface area (Å²) < 4.78 is 1.78. The minimum atomic E-state index is 0.504. The smallest absolute Gasteiger partial charge is 0.155 e. The third-order valence-corrected chi connectivity index (χ3v) is 2.02. The predicted octanol–water partition coefficient (Wildman–Crippen LogP) is 0.750. The Hall–Kier alpha value is -1.42. The van der Waals surface area contributed by atoms with E-state index >= 15 is 0 Å². The summed E-state index contributed by atoms with van der Waals surface area (Å²) in [4.78, 5) is 4.24. The molecule has 2 rings (SSSR count). The zero-order valence-corrected chi connectivity index (χ0v) is 7.57. The Kier molecular flexibility index (Phi) is 1.98. The molecule has 0 unspecified atom stereocenters. The quantitative estimate of drug-likeness (QED) is 0.734. The van der Waals surface area contributed by atoms with Gasteiger partial charge in [0.25, 0.3) is 0 Å². The second kappa shape index (κ2) is 3.14. The fraction of sp³-hybridized carbons (Fsp3) is 0.333. The summed E-state index contributed by atoms with van der Waals surface area (Å²) in [6, 6.07) is 1.99. The number of hydrogen-bond acceptors (Lipinski definition) is 3. The Morgan fingerprint density at radius 1 is 1.54 bits per heavy atom. The van der Waals surface area contributed by atoms with Crippen LogP contribution in [0.4, 0.5) is 0 Å². The minimum absolute atomic E-state index is 0.504. The molecule has 2 aromatic rings. The molecular formula is C9H12N4. The van der Waals surface area contributed by atoms with E-state index < -0.39 is 0 Å². The van der Waals surface area contributed by atoms with Crippen LogP contribution in [0, 0.1) is 0 Å². The van der Waals surface area contributed by atoms with Gasteiger partial charge in [0.05, 0.1) is 5.69 Å². The normalized spacial score (nSPS) is 10.9. The molecule has 2 aromatic heterocycles. The molecule has 0 aliphatic heterocycles. The van der Waals surface area contributed by atoms with Gasteiger partial charge < -0.3 is 5.73 Å². The molecule has 0 spiro atoms. The monoisotopic (exact) mass is 176 g/mol. The van der Waals surface area contributed by atoms with E-state index in [9.17, 15) is 0 Å². The van der Waals surface area contributed by atoms with Crippen LogP contribution in [0.15, 0.2) is 18.5 Å². The number of aromatic nitrogens is 3. The van der Waals surface area contributed by atoms with Gasteiger partial charge in [-0.05, 0) is 6.42 Å². The molecule has 0 atom stereocenters. The highest BCUT2D eigenvalue weighted by Gasteiger charge is 2.00. The Balaban J connectivity index is 2.57. The zero-order chi connectivity index (χ0) is 9.26. The van der Waals surface area contributed by atoms with Crippen molar-refractivity contribution in [3.8, 4) is 0 Å². The van der Waals surface area contributed by atoms with Gasteiger partial charge in [0.15, 0.2) is 5.65 Å². The molecule has 0 saturated heterocycles. The summed E-state index contributed by atoms with van der Waals surface area (Å²) in [6.07, 6.45) is 4.64. The van der Waals surface area contributed by atoms with Crippen molar-refractivity contribution in [1.82, 2.24) is 14.6 Å². The van der Waals surface area contributed by atoms with E-state index in [2.05, 4.69) is 17.0 Å². The van der Waals surface area contributed by atoms with Gasteiger partial charge in [-0.2, -0.15) is 5.10 Å². The molecule has 2 heterocycles. The summed E-state index contributed by atoms with van der Waals surface area (Å²) in [7, 11) is 0. The van der Waals surface area contributed by atoms with Crippen molar-refractivity contribution in [2.45, 2.75) is 19.9 Å². The lowest BCUT2D eigenvalue weighted by Gasteiger charge is -1.95. The Bertz CT molecular complexity index is 416. The number of nitrogens with two attached hydrogens (primary N) is 1. The maximum atomic E-state index is 5.50. The molecular weight excluding hydrogens is 164 g/mol. The summed E-state index contributed by atoms with van der Waals surface area (Å²) in [5.74, 6) is 0. The van der Waals surface area contributed by atoms with Crippen LogP contribution in [0.1, 0.15) is 18.2 Å². The maximum absolute atomic E-state index is 5.50. The van der Waals surface area contributed by atoms with Crippen molar-refractivity contribution in [2.24, 2.45) is 5.73 Å². The average molecular weight is 176 g/mol. The van der Waals surface area contributed by atoms with Crippen LogP contribution in [-0.4, -0.2) is 14.6 Å². The minimum Gasteiger partial charge on any atom is -0.326 e. The van der Waals surface area contributed by atoms with Crippen LogP contribution < -0.4 is 5.73 Å². The van der Waals surface area contributed by atoms with Crippen LogP contribution in [0.2, 0.25) is 0 Å². The molecule has 0 aliphatic rings. The predicted molar refractivity (Wildman–Crippen MR) is 50.3 cm³/mol. The number of hydrogen-bond donors (Lipinski definition) is 1. The molecule has 4 nitrogen and oxygen atoms in total. The standard InChI is InChI=1S/C9H12N4/c1-2-8-3-9-11-5-7(4-10)6-13(9)12-8/h3,5-6H,2,4,10H2,1H3. The summed E-state index contributed by atoms with van der Waals surface area (Å²) in [5, 5.41) is 4.34. The van der Waals surface area contributed by atoms with Gasteiger partial charge in [0.1, 0.15) is 0 Å². The molecule has 0 radical (unpaired) electrons. The summed E-state index contributed by atoms with van der Waals surface area (Å²) in [6.45, 7) is 2.58. The fourth-order valence-corrected chi connectivity index (χ4v) is 1.24. The summed E-state index contributed by atoms with van der Waals surface area (Å²) in [5.41, 5.74) is 8.44. The van der Waals surface area contributed by atoms with Crippen molar-refractivity contribution >= 4 is 5.65 Å². The van der Waals surface area contributed by atoms with E-state index in [1.165, 1.54) is 0 Å². The van der Waals surface area contributed by atoms with Gasteiger partial charge >= 0.3 is 0 Å². The lowest BCUT2D eigenvalue weighted by atomic mass is 10.3. The van der Waals surface area contributed by atoms with Crippen molar-refractivity contribution in [2.75, 3.05) is 0 Å². The van der Waals surface area contributed by atoms with Crippen molar-refractivity contribution in [3.05, 3.63) is 29.7 Å². The van der Waals surface area contributed by atoms with E-state index in [1.54, 1.807) is 10.7 Å². The molecule has 2 N–H and O–H groups in total. The first-order valence-corrected chi connectivity index (χ1v) is 4.36. The maximum Gasteiger partial charge on any atom is 0.155 e. The molecule has 13 heavy (non-hydrogen) atoms. The van der Waals surface area contributed by atoms with E-state index in [0.29, 0.717) is 6.54 Å². The van der Waals surface area contributed by atoms with Crippen LogP contribution in [0.3, 0.4) is 0 Å². The first-order chi connectivity index (χ1) is 6.33. The van der Waals surface area contributed by atoms with Crippen LogP contribution in [0.5, 0.6) is 0 Å². The Morgan fingerprint density at radius 2 is 2.38 bits per heavy atom. The van der Waals surface area contributed by atoms with Crippen LogP contribution in [0.25, 0.3) is 5.65 Å². The van der Waals surface area contributed by atoms with Gasteiger partial charge in [-0.1, -0.05) is 6.92 Å². The van der Waals surface area contributed by atoms with E-state index in [1.807, 2.05) is 12.3 Å². The molecule has 4 heteroatoms. The largest absolute Gasteiger partial charge is 0.326 e. The lowest BCUT2D eigenvalue weighted by molar-refractivity contribution is 0.866. The highest BCUT2D eigenvalue weighted by atomic mass is 15.2. The number of aryl methyl sites for hydroxylation is 1. The molecule has 0 amide bonds. The highest BCUT2D eigenvalue weighted by Crippen LogP contribution is 2.05. The summed E-state index contributed by atoms with van der Waals surface area (Å²) >= 11 is 0. The molecule has 0 aromatic carbocycles. The zero-order valence-electron chi connectivity index (χ0n) is 7.57. The van der Waals surface area contributed by atoms with Crippen molar-refractivity contribution in [3.63, 3.8) is 0 Å². The number of rotatable bonds is 2. The van der Waals surface area contributed by atoms with E-state index in [-0.39, 0.29) is 0 Å². The molecule has 0 saturated carbocycles. The van der Waals surface area contributed by atoms with Gasteiger partial charge in [0.2, 0.25) is 0 Å². The third kappa shape index (κ3) is 1.40. The fourth-order valence-electron chi connectivity index (χ4n) is 1.24. The first kappa shape index (κ1) is 8.19. The van der Waals surface area contributed by atoms with Crippen LogP contribution >= 0.6 is 0 Å². The highest BCUT2D eigenvalue weighted by molar-refractivity contribution is 5.39. The Morgan fingerprint density at radius 3 is 3.08 bits per heavy atom. The SMILES string of the molecule is CCc1cc2ncc(CN)cn2n1. The van der Waals surface area contributed by atoms with Crippen molar-refractivity contribution in [1.29, 1.82) is 0 Å². The van der Waals surface area contributed by atoms with E-state index in [4.69, 9.17) is 5.73 Å². The molecule has 0 aliphatic carbocycles. The lowest BCUT2D eigenvalue weighted by Crippen LogP contribution is -2.00. The Labute approximate surface area is 76.4 Å². The van der Waals surface area contributed by atoms with Gasteiger partial charge in [0, 0.05) is 30.6 Å². The van der Waals surface area contributed by atoms with Gasteiger partial charge in [-0.15, -0.1) is 0 Å². The van der Waals surface area contributed by atoms with Gasteiger partial charge in [-0.25, -0.2) is 9.50 Å². The number of fused-ring (bicyclic) bond motifs is 1. The average Bonchev–Trinajstić information content (AvgIpc) is 2.58. The second-order valence-electron chi connectivity index (χ2n) is 2.96. The molecule has 0 fully saturated rings. The first-order valence-electron chi connectivity index (χ1n) is 4.36. The van der Waals surface area contributed by atoms with Crippen LogP contribution in [-0.2, 0) is 13.0 Å². The second-order valence-corrected chi connectivity index (χ2v) is 2.96. The van der Waals surface area contributed by atoms with E-state index in [0.717, 1.165) is 23.3 Å². The topological polar surface area (TPSA) is 56.2 Å². The third-order valence-electron chi connectivity index (χ3n) is 2.02.